The molecule has 2 rings (SSSR count). The van der Waals surface area contributed by atoms with Crippen molar-refractivity contribution >= 4 is 33.2 Å². The van der Waals surface area contributed by atoms with Gasteiger partial charge < -0.3 is 10.6 Å². The summed E-state index contributed by atoms with van der Waals surface area (Å²) in [5, 5.41) is 6.48. The Morgan fingerprint density at radius 3 is 3.00 bits per heavy atom. The molecule has 0 bridgehead atoms. The van der Waals surface area contributed by atoms with Crippen molar-refractivity contribution in [2.45, 2.75) is 25.8 Å². The number of sulfone groups is 1. The molecule has 1 aromatic rings. The van der Waals surface area contributed by atoms with Gasteiger partial charge in [-0.05, 0) is 19.8 Å². The van der Waals surface area contributed by atoms with E-state index in [4.69, 9.17) is 11.6 Å². The van der Waals surface area contributed by atoms with Crippen molar-refractivity contribution in [2.24, 2.45) is 0 Å². The van der Waals surface area contributed by atoms with Gasteiger partial charge >= 0.3 is 0 Å². The van der Waals surface area contributed by atoms with E-state index in [2.05, 4.69) is 20.6 Å². The van der Waals surface area contributed by atoms with Crippen LogP contribution in [-0.4, -0.2) is 42.5 Å². The molecule has 1 atom stereocenters. The van der Waals surface area contributed by atoms with Gasteiger partial charge in [0.05, 0.1) is 17.7 Å². The third-order valence-corrected chi connectivity index (χ3v) is 4.98. The first-order chi connectivity index (χ1) is 9.00. The summed E-state index contributed by atoms with van der Waals surface area (Å²) in [7, 11) is -2.95. The zero-order chi connectivity index (χ0) is 13.9. The van der Waals surface area contributed by atoms with Crippen molar-refractivity contribution in [1.82, 2.24) is 9.97 Å². The highest BCUT2D eigenvalue weighted by atomic mass is 35.5. The van der Waals surface area contributed by atoms with Crippen molar-refractivity contribution in [3.05, 3.63) is 11.2 Å². The first-order valence-corrected chi connectivity index (χ1v) is 8.43. The van der Waals surface area contributed by atoms with E-state index in [1.165, 1.54) is 6.20 Å². The highest BCUT2D eigenvalue weighted by Gasteiger charge is 2.25. The molecular weight excluding hydrogens is 288 g/mol. The van der Waals surface area contributed by atoms with Crippen LogP contribution in [-0.2, 0) is 9.84 Å². The summed E-state index contributed by atoms with van der Waals surface area (Å²) in [6.07, 6.45) is 2.98. The average Bonchev–Trinajstić information content (AvgIpc) is 2.32. The van der Waals surface area contributed by atoms with Gasteiger partial charge in [0.15, 0.2) is 15.7 Å². The second-order valence-corrected chi connectivity index (χ2v) is 7.15. The molecule has 0 radical (unpaired) electrons. The van der Waals surface area contributed by atoms with E-state index in [1.807, 2.05) is 6.92 Å². The number of rotatable bonds is 4. The van der Waals surface area contributed by atoms with Gasteiger partial charge in [0.2, 0.25) is 5.95 Å². The highest BCUT2D eigenvalue weighted by Crippen LogP contribution is 2.23. The number of anilines is 2. The monoisotopic (exact) mass is 304 g/mol. The van der Waals surface area contributed by atoms with E-state index in [0.29, 0.717) is 29.8 Å². The van der Waals surface area contributed by atoms with Gasteiger partial charge in [-0.2, -0.15) is 4.98 Å². The Balaban J connectivity index is 2.11. The van der Waals surface area contributed by atoms with E-state index in [0.717, 1.165) is 6.42 Å². The Kier molecular flexibility index (Phi) is 4.46. The molecule has 1 saturated heterocycles. The second-order valence-electron chi connectivity index (χ2n) is 4.52. The van der Waals surface area contributed by atoms with E-state index in [1.54, 1.807) is 0 Å². The van der Waals surface area contributed by atoms with Gasteiger partial charge in [0, 0.05) is 12.6 Å². The van der Waals surface area contributed by atoms with Crippen LogP contribution in [0.5, 0.6) is 0 Å². The lowest BCUT2D eigenvalue weighted by atomic mass is 10.2. The Morgan fingerprint density at radius 1 is 1.53 bits per heavy atom. The molecule has 1 fully saturated rings. The molecule has 1 unspecified atom stereocenters. The van der Waals surface area contributed by atoms with Crippen molar-refractivity contribution < 1.29 is 8.42 Å². The standard InChI is InChI=1S/C11H17ClN4O2S/c1-2-13-11-14-6-9(12)10(16-11)15-8-4-3-5-19(17,18)7-8/h6,8H,2-5,7H2,1H3,(H2,13,14,15,16). The number of hydrogen-bond donors (Lipinski definition) is 2. The summed E-state index contributed by atoms with van der Waals surface area (Å²) < 4.78 is 23.2. The lowest BCUT2D eigenvalue weighted by Crippen LogP contribution is -2.35. The van der Waals surface area contributed by atoms with Gasteiger partial charge in [0.25, 0.3) is 0 Å². The van der Waals surface area contributed by atoms with Crippen LogP contribution in [0.1, 0.15) is 19.8 Å². The Bertz CT molecular complexity index is 550. The number of hydrogen-bond acceptors (Lipinski definition) is 6. The smallest absolute Gasteiger partial charge is 0.224 e. The molecule has 6 nitrogen and oxygen atoms in total. The minimum Gasteiger partial charge on any atom is -0.365 e. The minimum atomic E-state index is -2.95. The SMILES string of the molecule is CCNc1ncc(Cl)c(NC2CCCS(=O)(=O)C2)n1. The quantitative estimate of drug-likeness (QED) is 0.878. The van der Waals surface area contributed by atoms with Crippen LogP contribution in [0, 0.1) is 0 Å². The number of nitrogens with one attached hydrogen (secondary N) is 2. The van der Waals surface area contributed by atoms with Gasteiger partial charge in [0.1, 0.15) is 5.02 Å². The zero-order valence-electron chi connectivity index (χ0n) is 10.7. The third kappa shape index (κ3) is 3.94. The van der Waals surface area contributed by atoms with E-state index in [-0.39, 0.29) is 17.5 Å². The summed E-state index contributed by atoms with van der Waals surface area (Å²) in [5.74, 6) is 1.36. The van der Waals surface area contributed by atoms with E-state index >= 15 is 0 Å². The highest BCUT2D eigenvalue weighted by molar-refractivity contribution is 7.91. The maximum absolute atomic E-state index is 11.6. The molecule has 8 heteroatoms. The van der Waals surface area contributed by atoms with Crippen LogP contribution in [0.15, 0.2) is 6.20 Å². The molecular formula is C11H17ClN4O2S. The molecule has 1 aliphatic heterocycles. The normalized spacial score (nSPS) is 21.9. The third-order valence-electron chi connectivity index (χ3n) is 2.88. The first kappa shape index (κ1) is 14.3. The zero-order valence-corrected chi connectivity index (χ0v) is 12.3. The van der Waals surface area contributed by atoms with Gasteiger partial charge in [-0.3, -0.25) is 0 Å². The fraction of sp³-hybridized carbons (Fsp3) is 0.636. The largest absolute Gasteiger partial charge is 0.365 e. The molecule has 1 aromatic heterocycles. The molecule has 0 saturated carbocycles. The molecule has 0 aliphatic carbocycles. The fourth-order valence-electron chi connectivity index (χ4n) is 2.04. The summed E-state index contributed by atoms with van der Waals surface area (Å²) in [5.41, 5.74) is 0. The number of aromatic nitrogens is 2. The summed E-state index contributed by atoms with van der Waals surface area (Å²) in [4.78, 5) is 8.28. The average molecular weight is 305 g/mol. The Morgan fingerprint density at radius 2 is 2.32 bits per heavy atom. The van der Waals surface area contributed by atoms with Crippen LogP contribution in [0.3, 0.4) is 0 Å². The fourth-order valence-corrected chi connectivity index (χ4v) is 3.82. The maximum Gasteiger partial charge on any atom is 0.224 e. The summed E-state index contributed by atoms with van der Waals surface area (Å²) in [6, 6.07) is -0.138. The molecule has 0 aromatic carbocycles. The van der Waals surface area contributed by atoms with Crippen LogP contribution < -0.4 is 10.6 Å². The predicted octanol–water partition coefficient (Wildman–Crippen LogP) is 1.55. The number of nitrogens with zero attached hydrogens (tertiary/aromatic N) is 2. The van der Waals surface area contributed by atoms with Gasteiger partial charge in [-0.25, -0.2) is 13.4 Å². The summed E-state index contributed by atoms with van der Waals surface area (Å²) in [6.45, 7) is 2.65. The Labute approximate surface area is 117 Å². The molecule has 0 spiro atoms. The first-order valence-electron chi connectivity index (χ1n) is 6.23. The van der Waals surface area contributed by atoms with Gasteiger partial charge in [-0.1, -0.05) is 11.6 Å². The van der Waals surface area contributed by atoms with E-state index in [9.17, 15) is 8.42 Å². The lowest BCUT2D eigenvalue weighted by Gasteiger charge is -2.23. The topological polar surface area (TPSA) is 84.0 Å². The second kappa shape index (κ2) is 5.92. The van der Waals surface area contributed by atoms with Crippen molar-refractivity contribution in [3.63, 3.8) is 0 Å². The predicted molar refractivity (Wildman–Crippen MR) is 76.5 cm³/mol. The van der Waals surface area contributed by atoms with Crippen LogP contribution in [0.4, 0.5) is 11.8 Å². The van der Waals surface area contributed by atoms with Crippen LogP contribution in [0.2, 0.25) is 5.02 Å². The molecule has 2 heterocycles. The molecule has 2 N–H and O–H groups in total. The van der Waals surface area contributed by atoms with Crippen molar-refractivity contribution in [2.75, 3.05) is 28.7 Å². The molecule has 1 aliphatic rings. The minimum absolute atomic E-state index is 0.129. The van der Waals surface area contributed by atoms with E-state index < -0.39 is 9.84 Å². The number of halogens is 1. The van der Waals surface area contributed by atoms with Crippen molar-refractivity contribution in [1.29, 1.82) is 0 Å². The summed E-state index contributed by atoms with van der Waals surface area (Å²) >= 11 is 6.02. The van der Waals surface area contributed by atoms with Crippen LogP contribution >= 0.6 is 11.6 Å². The van der Waals surface area contributed by atoms with Gasteiger partial charge in [-0.15, -0.1) is 0 Å². The molecule has 0 amide bonds. The Hall–Kier alpha value is -1.08. The van der Waals surface area contributed by atoms with Crippen LogP contribution in [0.25, 0.3) is 0 Å². The molecule has 106 valence electrons. The van der Waals surface area contributed by atoms with Crippen molar-refractivity contribution in [3.8, 4) is 0 Å². The lowest BCUT2D eigenvalue weighted by molar-refractivity contribution is 0.561. The molecule has 19 heavy (non-hydrogen) atoms. The maximum atomic E-state index is 11.6.